The molecule has 0 spiro atoms. The molecule has 2 aromatic carbocycles. The van der Waals surface area contributed by atoms with Crippen LogP contribution in [0.1, 0.15) is 23.6 Å². The van der Waals surface area contributed by atoms with E-state index in [4.69, 9.17) is 4.74 Å². The van der Waals surface area contributed by atoms with Gasteiger partial charge in [-0.1, -0.05) is 0 Å². The van der Waals surface area contributed by atoms with Gasteiger partial charge in [-0.05, 0) is 0 Å². The molecule has 8 heteroatoms. The Balaban J connectivity index is 1.80. The monoisotopic (exact) mass is 545 g/mol. The molecule has 2 aromatic rings. The quantitative estimate of drug-likeness (QED) is 0.337. The molecule has 2 aliphatic heterocycles. The number of benzene rings is 2. The van der Waals surface area contributed by atoms with E-state index < -0.39 is 36.9 Å². The molecule has 0 radical (unpaired) electrons. The summed E-state index contributed by atoms with van der Waals surface area (Å²) in [7, 11) is -3.93. The van der Waals surface area contributed by atoms with Gasteiger partial charge in [-0.15, -0.1) is 0 Å². The number of hydrogen-bond acceptors (Lipinski definition) is 4. The van der Waals surface area contributed by atoms with Gasteiger partial charge in [-0.3, -0.25) is 0 Å². The number of hydrogen-bond donors (Lipinski definition) is 1. The molecule has 160 valence electrons. The van der Waals surface area contributed by atoms with Gasteiger partial charge >= 0.3 is 181 Å². The van der Waals surface area contributed by atoms with Crippen molar-refractivity contribution in [3.05, 3.63) is 72.9 Å². The van der Waals surface area contributed by atoms with E-state index in [2.05, 4.69) is 5.32 Å². The molecule has 0 atom stereocenters. The summed E-state index contributed by atoms with van der Waals surface area (Å²) in [5.41, 5.74) is 1.39. The first-order valence-electron chi connectivity index (χ1n) is 9.59. The van der Waals surface area contributed by atoms with E-state index in [9.17, 15) is 17.2 Å². The second-order valence-electron chi connectivity index (χ2n) is 6.91. The standard InChI is InChI=1S/C22H22F2INO3S/c1-2-11-22(23,24)18-5-3-4-6-21(18)30(27,28)25-12-9-16-17-10-13-26-14-15-29-20(17)8-7-19(16)25/h2-9,11-12,26H,10,13-15H2,1H3/b11-2-. The van der Waals surface area contributed by atoms with Crippen molar-refractivity contribution in [2.75, 3.05) is 19.7 Å². The second kappa shape index (κ2) is 8.39. The summed E-state index contributed by atoms with van der Waals surface area (Å²) in [6.45, 7) is 3.57. The van der Waals surface area contributed by atoms with Crippen LogP contribution in [0.4, 0.5) is 8.78 Å². The van der Waals surface area contributed by atoms with Gasteiger partial charge in [0, 0.05) is 0 Å². The molecule has 4 nitrogen and oxygen atoms in total. The molecule has 4 rings (SSSR count). The molecule has 0 aromatic heterocycles. The van der Waals surface area contributed by atoms with Crippen LogP contribution >= 0.6 is 18.4 Å². The zero-order chi connectivity index (χ0) is 21.4. The molecule has 0 unspecified atom stereocenters. The van der Waals surface area contributed by atoms with Gasteiger partial charge < -0.3 is 0 Å². The molecule has 2 heterocycles. The Hall–Kier alpha value is -1.78. The molecule has 0 fully saturated rings. The van der Waals surface area contributed by atoms with Gasteiger partial charge in [0.2, 0.25) is 0 Å². The number of allylic oxidation sites excluding steroid dienone is 2. The summed E-state index contributed by atoms with van der Waals surface area (Å²) < 4.78 is 64.8. The summed E-state index contributed by atoms with van der Waals surface area (Å²) in [5, 5.41) is 3.28. The Morgan fingerprint density at radius 2 is 1.97 bits per heavy atom. The van der Waals surface area contributed by atoms with Crippen molar-refractivity contribution in [2.45, 2.75) is 24.2 Å². The number of ether oxygens (including phenoxy) is 1. The maximum absolute atomic E-state index is 14.7. The number of fused-ring (bicyclic) bond motifs is 3. The van der Waals surface area contributed by atoms with E-state index >= 15 is 0 Å². The fraction of sp³-hybridized carbons (Fsp3) is 0.273. The summed E-state index contributed by atoms with van der Waals surface area (Å²) in [4.78, 5) is -0.277. The summed E-state index contributed by atoms with van der Waals surface area (Å²) in [6, 6.07) is 9.07. The Bertz CT molecular complexity index is 1130. The summed E-state index contributed by atoms with van der Waals surface area (Å²) in [5.74, 6) is -2.58. The molecule has 0 saturated heterocycles. The molecule has 0 amide bonds. The third kappa shape index (κ3) is 3.80. The van der Waals surface area contributed by atoms with E-state index in [0.717, 1.165) is 46.0 Å². The molecule has 2 aliphatic rings. The van der Waals surface area contributed by atoms with Crippen LogP contribution in [0.25, 0.3) is 6.08 Å². The Morgan fingerprint density at radius 1 is 1.17 bits per heavy atom. The SMILES string of the molecule is C/C=C\C(F)(F)c1ccccc1S(=O)(=O)I1C=Cc2c1ccc1c2CCNCCO1. The topological polar surface area (TPSA) is 55.4 Å². The number of rotatable bonds is 4. The van der Waals surface area contributed by atoms with Crippen LogP contribution in [0.2, 0.25) is 0 Å². The van der Waals surface area contributed by atoms with Crippen molar-refractivity contribution in [2.24, 2.45) is 0 Å². The minimum absolute atomic E-state index is 0.277. The number of nitrogens with one attached hydrogen (secondary N) is 1. The van der Waals surface area contributed by atoms with Crippen molar-refractivity contribution in [3.8, 4) is 5.75 Å². The van der Waals surface area contributed by atoms with Crippen molar-refractivity contribution in [1.82, 2.24) is 5.32 Å². The predicted molar refractivity (Wildman–Crippen MR) is 123 cm³/mol. The molecule has 0 bridgehead atoms. The Morgan fingerprint density at radius 3 is 2.77 bits per heavy atom. The van der Waals surface area contributed by atoms with E-state index in [1.807, 2.05) is 12.1 Å². The molecular formula is C22H22F2INO3S. The first-order chi connectivity index (χ1) is 14.4. The van der Waals surface area contributed by atoms with E-state index in [0.29, 0.717) is 6.61 Å². The van der Waals surface area contributed by atoms with Gasteiger partial charge in [-0.2, -0.15) is 0 Å². The fourth-order valence-electron chi connectivity index (χ4n) is 3.63. The molecule has 0 aliphatic carbocycles. The average molecular weight is 545 g/mol. The zero-order valence-electron chi connectivity index (χ0n) is 16.4. The first-order valence-corrected chi connectivity index (χ1v) is 15.9. The van der Waals surface area contributed by atoms with Gasteiger partial charge in [0.25, 0.3) is 0 Å². The fourth-order valence-corrected chi connectivity index (χ4v) is 14.5. The van der Waals surface area contributed by atoms with Gasteiger partial charge in [0.05, 0.1) is 0 Å². The van der Waals surface area contributed by atoms with Crippen LogP contribution in [0.15, 0.2) is 57.5 Å². The van der Waals surface area contributed by atoms with E-state index in [1.165, 1.54) is 37.3 Å². The normalized spacial score (nSPS) is 17.9. The third-order valence-electron chi connectivity index (χ3n) is 5.00. The second-order valence-corrected chi connectivity index (χ2v) is 17.4. The number of alkyl halides is 2. The predicted octanol–water partition coefficient (Wildman–Crippen LogP) is 4.93. The van der Waals surface area contributed by atoms with Crippen molar-refractivity contribution >= 4 is 31.5 Å². The van der Waals surface area contributed by atoms with Crippen LogP contribution < -0.4 is 10.1 Å². The third-order valence-corrected chi connectivity index (χ3v) is 16.4. The maximum atomic E-state index is 14.7. The molecule has 0 saturated carbocycles. The van der Waals surface area contributed by atoms with Crippen molar-refractivity contribution in [1.29, 1.82) is 0 Å². The molecular weight excluding hydrogens is 523 g/mol. The average Bonchev–Trinajstić information content (AvgIpc) is 3.13. The van der Waals surface area contributed by atoms with Crippen molar-refractivity contribution < 1.29 is 21.9 Å². The van der Waals surface area contributed by atoms with Crippen molar-refractivity contribution in [3.63, 3.8) is 0 Å². The first kappa shape index (κ1) is 21.5. The van der Waals surface area contributed by atoms with Crippen LogP contribution in [-0.2, 0) is 19.4 Å². The van der Waals surface area contributed by atoms with E-state index in [1.54, 1.807) is 10.1 Å². The molecule has 1 N–H and O–H groups in total. The van der Waals surface area contributed by atoms with Crippen LogP contribution in [0.5, 0.6) is 5.75 Å². The summed E-state index contributed by atoms with van der Waals surface area (Å²) in [6.07, 6.45) is 4.53. The molecule has 30 heavy (non-hydrogen) atoms. The van der Waals surface area contributed by atoms with Crippen LogP contribution in [0.3, 0.4) is 0 Å². The minimum atomic E-state index is -3.93. The summed E-state index contributed by atoms with van der Waals surface area (Å²) >= 11 is -2.97. The Kier molecular flexibility index (Phi) is 6.00. The number of halogens is 3. The van der Waals surface area contributed by atoms with Crippen LogP contribution in [-0.4, -0.2) is 28.1 Å². The Labute approximate surface area is 180 Å². The van der Waals surface area contributed by atoms with Crippen LogP contribution in [0, 0.1) is 3.57 Å². The van der Waals surface area contributed by atoms with Gasteiger partial charge in [-0.25, -0.2) is 0 Å². The zero-order valence-corrected chi connectivity index (χ0v) is 19.3. The van der Waals surface area contributed by atoms with E-state index in [-0.39, 0.29) is 4.90 Å². The van der Waals surface area contributed by atoms with Gasteiger partial charge in [0.15, 0.2) is 0 Å². The van der Waals surface area contributed by atoms with Gasteiger partial charge in [0.1, 0.15) is 0 Å².